The van der Waals surface area contributed by atoms with Gasteiger partial charge in [0.1, 0.15) is 12.2 Å². The lowest BCUT2D eigenvalue weighted by Gasteiger charge is -2.21. The number of carbonyl (C=O) groups is 1. The highest BCUT2D eigenvalue weighted by molar-refractivity contribution is 5.57. The van der Waals surface area contributed by atoms with Gasteiger partial charge in [-0.1, -0.05) is 66.7 Å². The Hall–Kier alpha value is -2.23. The summed E-state index contributed by atoms with van der Waals surface area (Å²) >= 11 is 0. The Labute approximate surface area is 131 Å². The van der Waals surface area contributed by atoms with Gasteiger partial charge in [-0.25, -0.2) is 0 Å². The van der Waals surface area contributed by atoms with Gasteiger partial charge in [-0.15, -0.1) is 6.58 Å². The average molecular weight is 296 g/mol. The van der Waals surface area contributed by atoms with Crippen molar-refractivity contribution in [3.63, 3.8) is 0 Å². The smallest absolute Gasteiger partial charge is 0.151 e. The quantitative estimate of drug-likeness (QED) is 0.524. The summed E-state index contributed by atoms with van der Waals surface area (Å²) in [6.45, 7) is 4.51. The molecule has 0 saturated carbocycles. The van der Waals surface area contributed by atoms with E-state index in [1.807, 2.05) is 60.7 Å². The van der Waals surface area contributed by atoms with Crippen molar-refractivity contribution in [2.75, 3.05) is 0 Å². The van der Waals surface area contributed by atoms with Crippen molar-refractivity contribution in [3.8, 4) is 0 Å². The number of aldehydes is 1. The van der Waals surface area contributed by atoms with Crippen molar-refractivity contribution >= 4 is 6.29 Å². The van der Waals surface area contributed by atoms with E-state index >= 15 is 0 Å². The van der Waals surface area contributed by atoms with Crippen LogP contribution in [-0.4, -0.2) is 18.5 Å². The fraction of sp³-hybridized carbons (Fsp3) is 0.211. The number of rotatable bonds is 9. The van der Waals surface area contributed by atoms with E-state index in [9.17, 15) is 4.79 Å². The van der Waals surface area contributed by atoms with Gasteiger partial charge in [0.2, 0.25) is 0 Å². The maximum Gasteiger partial charge on any atom is 0.151 e. The number of ether oxygens (including phenoxy) is 2. The molecule has 3 heteroatoms. The molecule has 2 aromatic rings. The van der Waals surface area contributed by atoms with E-state index in [1.165, 1.54) is 0 Å². The van der Waals surface area contributed by atoms with Crippen molar-refractivity contribution in [2.45, 2.75) is 25.4 Å². The molecule has 0 spiro atoms. The third kappa shape index (κ3) is 4.95. The molecule has 0 unspecified atom stereocenters. The second kappa shape index (κ2) is 8.93. The Bertz CT molecular complexity index is 512. The molecule has 0 radical (unpaired) electrons. The zero-order valence-electron chi connectivity index (χ0n) is 12.4. The van der Waals surface area contributed by atoms with Crippen LogP contribution in [0.1, 0.15) is 11.1 Å². The molecule has 0 aromatic heterocycles. The predicted molar refractivity (Wildman–Crippen MR) is 86.3 cm³/mol. The number of hydrogen-bond donors (Lipinski definition) is 0. The van der Waals surface area contributed by atoms with E-state index in [0.29, 0.717) is 13.2 Å². The van der Waals surface area contributed by atoms with Crippen molar-refractivity contribution in [3.05, 3.63) is 84.4 Å². The van der Waals surface area contributed by atoms with Crippen molar-refractivity contribution in [1.82, 2.24) is 0 Å². The predicted octanol–water partition coefficient (Wildman–Crippen LogP) is 3.54. The SMILES string of the molecule is C=C[C@H](OCc1ccccc1)[C@@H](C=O)OCc1ccccc1. The van der Waals surface area contributed by atoms with Crippen molar-refractivity contribution < 1.29 is 14.3 Å². The third-order valence-electron chi connectivity index (χ3n) is 3.26. The topological polar surface area (TPSA) is 35.5 Å². The molecule has 0 amide bonds. The van der Waals surface area contributed by atoms with Crippen LogP contribution < -0.4 is 0 Å². The van der Waals surface area contributed by atoms with Crippen LogP contribution in [0.5, 0.6) is 0 Å². The third-order valence-corrected chi connectivity index (χ3v) is 3.26. The molecule has 0 aliphatic carbocycles. The zero-order valence-corrected chi connectivity index (χ0v) is 12.4. The van der Waals surface area contributed by atoms with Gasteiger partial charge < -0.3 is 14.3 Å². The van der Waals surface area contributed by atoms with Crippen LogP contribution >= 0.6 is 0 Å². The van der Waals surface area contributed by atoms with Gasteiger partial charge in [0.05, 0.1) is 13.2 Å². The van der Waals surface area contributed by atoms with E-state index in [2.05, 4.69) is 6.58 Å². The summed E-state index contributed by atoms with van der Waals surface area (Å²) in [5.41, 5.74) is 2.06. The lowest BCUT2D eigenvalue weighted by molar-refractivity contribution is -0.128. The van der Waals surface area contributed by atoms with Gasteiger partial charge in [0.15, 0.2) is 6.29 Å². The second-order valence-corrected chi connectivity index (χ2v) is 4.89. The Balaban J connectivity index is 1.89. The first kappa shape index (κ1) is 16.1. The van der Waals surface area contributed by atoms with Crippen molar-refractivity contribution in [1.29, 1.82) is 0 Å². The van der Waals surface area contributed by atoms with E-state index in [-0.39, 0.29) is 0 Å². The summed E-state index contributed by atoms with van der Waals surface area (Å²) in [5.74, 6) is 0. The molecular formula is C19H20O3. The van der Waals surface area contributed by atoms with Crippen LogP contribution in [0.4, 0.5) is 0 Å². The Kier molecular flexibility index (Phi) is 6.55. The highest BCUT2D eigenvalue weighted by Gasteiger charge is 2.19. The first-order chi connectivity index (χ1) is 10.8. The van der Waals surface area contributed by atoms with Crippen molar-refractivity contribution in [2.24, 2.45) is 0 Å². The fourth-order valence-electron chi connectivity index (χ4n) is 2.04. The molecule has 0 aliphatic rings. The van der Waals surface area contributed by atoms with Crippen LogP contribution in [0.25, 0.3) is 0 Å². The molecule has 0 heterocycles. The fourth-order valence-corrected chi connectivity index (χ4v) is 2.04. The molecule has 2 atom stereocenters. The Morgan fingerprint density at radius 1 is 0.818 bits per heavy atom. The molecule has 114 valence electrons. The summed E-state index contributed by atoms with van der Waals surface area (Å²) in [6, 6.07) is 19.5. The minimum atomic E-state index is -0.665. The largest absolute Gasteiger partial charge is 0.366 e. The van der Waals surface area contributed by atoms with Crippen LogP contribution in [0, 0.1) is 0 Å². The van der Waals surface area contributed by atoms with Crippen LogP contribution in [-0.2, 0) is 27.5 Å². The Morgan fingerprint density at radius 2 is 1.27 bits per heavy atom. The lowest BCUT2D eigenvalue weighted by atomic mass is 10.2. The van der Waals surface area contributed by atoms with Gasteiger partial charge in [-0.3, -0.25) is 0 Å². The number of benzene rings is 2. The van der Waals surface area contributed by atoms with Crippen LogP contribution in [0.3, 0.4) is 0 Å². The molecule has 0 fully saturated rings. The molecule has 2 aromatic carbocycles. The zero-order chi connectivity index (χ0) is 15.6. The number of carbonyl (C=O) groups excluding carboxylic acids is 1. The summed E-state index contributed by atoms with van der Waals surface area (Å²) in [5, 5.41) is 0. The van der Waals surface area contributed by atoms with Gasteiger partial charge in [0, 0.05) is 0 Å². The minimum Gasteiger partial charge on any atom is -0.366 e. The van der Waals surface area contributed by atoms with Crippen LogP contribution in [0.2, 0.25) is 0 Å². The normalized spacial score (nSPS) is 13.3. The molecule has 0 saturated heterocycles. The average Bonchev–Trinajstić information content (AvgIpc) is 2.59. The molecule has 22 heavy (non-hydrogen) atoms. The molecule has 0 N–H and O–H groups in total. The first-order valence-corrected chi connectivity index (χ1v) is 7.22. The van der Waals surface area contributed by atoms with Crippen LogP contribution in [0.15, 0.2) is 73.3 Å². The monoisotopic (exact) mass is 296 g/mol. The van der Waals surface area contributed by atoms with E-state index < -0.39 is 12.2 Å². The van der Waals surface area contributed by atoms with Gasteiger partial charge >= 0.3 is 0 Å². The molecule has 0 bridgehead atoms. The molecule has 3 nitrogen and oxygen atoms in total. The highest BCUT2D eigenvalue weighted by Crippen LogP contribution is 2.11. The van der Waals surface area contributed by atoms with E-state index in [1.54, 1.807) is 6.08 Å². The van der Waals surface area contributed by atoms with E-state index in [4.69, 9.17) is 9.47 Å². The summed E-state index contributed by atoms with van der Waals surface area (Å²) in [4.78, 5) is 11.3. The second-order valence-electron chi connectivity index (χ2n) is 4.89. The summed E-state index contributed by atoms with van der Waals surface area (Å²) < 4.78 is 11.4. The Morgan fingerprint density at radius 3 is 1.68 bits per heavy atom. The van der Waals surface area contributed by atoms with Gasteiger partial charge in [-0.2, -0.15) is 0 Å². The summed E-state index contributed by atoms with van der Waals surface area (Å²) in [6.07, 6.45) is 1.23. The maximum absolute atomic E-state index is 11.3. The maximum atomic E-state index is 11.3. The molecule has 2 rings (SSSR count). The van der Waals surface area contributed by atoms with E-state index in [0.717, 1.165) is 17.4 Å². The number of hydrogen-bond acceptors (Lipinski definition) is 3. The van der Waals surface area contributed by atoms with Gasteiger partial charge in [0.25, 0.3) is 0 Å². The molecule has 0 aliphatic heterocycles. The standard InChI is InChI=1S/C19H20O3/c1-2-18(21-14-16-9-5-3-6-10-16)19(13-20)22-15-17-11-7-4-8-12-17/h2-13,18-19H,1,14-15H2/t18-,19+/m0/s1. The summed E-state index contributed by atoms with van der Waals surface area (Å²) in [7, 11) is 0. The minimum absolute atomic E-state index is 0.364. The molecular weight excluding hydrogens is 276 g/mol. The highest BCUT2D eigenvalue weighted by atomic mass is 16.5. The first-order valence-electron chi connectivity index (χ1n) is 7.22. The van der Waals surface area contributed by atoms with Gasteiger partial charge in [-0.05, 0) is 11.1 Å². The lowest BCUT2D eigenvalue weighted by Crippen LogP contribution is -2.31.